The maximum Gasteiger partial charge on any atom is 0.113 e. The normalized spacial score (nSPS) is 17.8. The predicted octanol–water partition coefficient (Wildman–Crippen LogP) is 2.06. The Kier molecular flexibility index (Phi) is 2.09. The van der Waals surface area contributed by atoms with Crippen molar-refractivity contribution in [2.45, 2.75) is 26.3 Å². The van der Waals surface area contributed by atoms with Crippen molar-refractivity contribution in [3.05, 3.63) is 18.2 Å². The highest BCUT2D eigenvalue weighted by molar-refractivity contribution is 5.77. The van der Waals surface area contributed by atoms with Crippen LogP contribution in [0.5, 0.6) is 0 Å². The van der Waals surface area contributed by atoms with Crippen LogP contribution >= 0.6 is 0 Å². The predicted molar refractivity (Wildman–Crippen MR) is 63.8 cm³/mol. The van der Waals surface area contributed by atoms with Gasteiger partial charge in [0, 0.05) is 12.2 Å². The van der Waals surface area contributed by atoms with E-state index in [1.807, 2.05) is 22.9 Å². The molecule has 1 aliphatic rings. The molecule has 1 atom stereocenters. The Hall–Kier alpha value is -1.58. The molecule has 4 heteroatoms. The molecule has 16 heavy (non-hydrogen) atoms. The third-order valence-electron chi connectivity index (χ3n) is 3.43. The molecule has 2 N–H and O–H groups in total. The second kappa shape index (κ2) is 3.47. The number of benzene rings is 1. The van der Waals surface area contributed by atoms with Crippen molar-refractivity contribution in [1.82, 2.24) is 15.0 Å². The third kappa shape index (κ3) is 1.64. The molecular weight excluding hydrogens is 200 g/mol. The van der Waals surface area contributed by atoms with Gasteiger partial charge in [-0.2, -0.15) is 0 Å². The molecule has 0 aliphatic heterocycles. The van der Waals surface area contributed by atoms with E-state index < -0.39 is 0 Å². The van der Waals surface area contributed by atoms with Crippen LogP contribution < -0.4 is 5.73 Å². The van der Waals surface area contributed by atoms with Crippen LogP contribution in [0, 0.1) is 11.8 Å². The van der Waals surface area contributed by atoms with E-state index in [2.05, 4.69) is 17.2 Å². The Morgan fingerprint density at radius 2 is 2.31 bits per heavy atom. The summed E-state index contributed by atoms with van der Waals surface area (Å²) in [6, 6.07) is 5.75. The van der Waals surface area contributed by atoms with Gasteiger partial charge < -0.3 is 5.73 Å². The van der Waals surface area contributed by atoms with Crippen LogP contribution in [0.15, 0.2) is 18.2 Å². The lowest BCUT2D eigenvalue weighted by atomic mass is 10.1. The lowest BCUT2D eigenvalue weighted by Crippen LogP contribution is -2.10. The Labute approximate surface area is 94.4 Å². The lowest BCUT2D eigenvalue weighted by molar-refractivity contribution is 0.407. The summed E-state index contributed by atoms with van der Waals surface area (Å²) in [7, 11) is 0. The largest absolute Gasteiger partial charge is 0.399 e. The maximum absolute atomic E-state index is 5.79. The molecule has 1 saturated carbocycles. The third-order valence-corrected chi connectivity index (χ3v) is 3.43. The maximum atomic E-state index is 5.79. The topological polar surface area (TPSA) is 56.7 Å². The van der Waals surface area contributed by atoms with Gasteiger partial charge in [-0.05, 0) is 42.9 Å². The van der Waals surface area contributed by atoms with Gasteiger partial charge in [-0.3, -0.25) is 0 Å². The molecule has 0 spiro atoms. The standard InChI is InChI=1S/C12H16N4/c1-8(9-2-3-9)7-16-12-6-10(13)4-5-11(12)14-15-16/h4-6,8-9H,2-3,7,13H2,1H3. The highest BCUT2D eigenvalue weighted by atomic mass is 15.4. The summed E-state index contributed by atoms with van der Waals surface area (Å²) in [4.78, 5) is 0. The first-order valence-corrected chi connectivity index (χ1v) is 5.83. The number of nitrogens with two attached hydrogens (primary N) is 1. The number of fused-ring (bicyclic) bond motifs is 1. The molecule has 1 fully saturated rings. The van der Waals surface area contributed by atoms with Crippen LogP contribution in [0.2, 0.25) is 0 Å². The molecule has 1 aromatic heterocycles. The van der Waals surface area contributed by atoms with E-state index in [0.717, 1.165) is 29.2 Å². The van der Waals surface area contributed by atoms with E-state index >= 15 is 0 Å². The summed E-state index contributed by atoms with van der Waals surface area (Å²) in [5.74, 6) is 1.58. The lowest BCUT2D eigenvalue weighted by Gasteiger charge is -2.09. The van der Waals surface area contributed by atoms with Crippen molar-refractivity contribution in [3.63, 3.8) is 0 Å². The zero-order chi connectivity index (χ0) is 11.1. The van der Waals surface area contributed by atoms with Gasteiger partial charge in [0.2, 0.25) is 0 Å². The fraction of sp³-hybridized carbons (Fsp3) is 0.500. The minimum atomic E-state index is 0.686. The SMILES string of the molecule is CC(Cn1nnc2ccc(N)cc21)C1CC1. The average molecular weight is 216 g/mol. The minimum Gasteiger partial charge on any atom is -0.399 e. The first-order chi connectivity index (χ1) is 7.74. The van der Waals surface area contributed by atoms with Crippen LogP contribution in [-0.4, -0.2) is 15.0 Å². The van der Waals surface area contributed by atoms with Crippen LogP contribution in [0.4, 0.5) is 5.69 Å². The zero-order valence-electron chi connectivity index (χ0n) is 9.43. The smallest absolute Gasteiger partial charge is 0.113 e. The molecule has 1 aliphatic carbocycles. The molecular formula is C12H16N4. The fourth-order valence-corrected chi connectivity index (χ4v) is 2.20. The minimum absolute atomic E-state index is 0.686. The van der Waals surface area contributed by atoms with Crippen molar-refractivity contribution in [2.24, 2.45) is 11.8 Å². The molecule has 1 aromatic carbocycles. The Balaban J connectivity index is 1.93. The molecule has 0 amide bonds. The number of hydrogen-bond donors (Lipinski definition) is 1. The van der Waals surface area contributed by atoms with Gasteiger partial charge in [0.1, 0.15) is 5.52 Å². The number of nitrogen functional groups attached to an aromatic ring is 1. The Morgan fingerprint density at radius 1 is 1.50 bits per heavy atom. The van der Waals surface area contributed by atoms with Gasteiger partial charge >= 0.3 is 0 Å². The summed E-state index contributed by atoms with van der Waals surface area (Å²) in [6.45, 7) is 3.24. The van der Waals surface area contributed by atoms with E-state index in [-0.39, 0.29) is 0 Å². The second-order valence-corrected chi connectivity index (χ2v) is 4.83. The van der Waals surface area contributed by atoms with E-state index in [4.69, 9.17) is 5.73 Å². The number of rotatable bonds is 3. The average Bonchev–Trinajstić information content (AvgIpc) is 3.04. The molecule has 4 nitrogen and oxygen atoms in total. The molecule has 0 radical (unpaired) electrons. The molecule has 0 saturated heterocycles. The summed E-state index contributed by atoms with van der Waals surface area (Å²) in [5, 5.41) is 8.35. The summed E-state index contributed by atoms with van der Waals surface area (Å²) in [6.07, 6.45) is 2.74. The van der Waals surface area contributed by atoms with Gasteiger partial charge in [0.15, 0.2) is 0 Å². The van der Waals surface area contributed by atoms with Crippen molar-refractivity contribution in [3.8, 4) is 0 Å². The zero-order valence-corrected chi connectivity index (χ0v) is 9.43. The number of aromatic nitrogens is 3. The first kappa shape index (κ1) is 9.63. The van der Waals surface area contributed by atoms with Gasteiger partial charge in [0.25, 0.3) is 0 Å². The van der Waals surface area contributed by atoms with E-state index in [1.165, 1.54) is 12.8 Å². The van der Waals surface area contributed by atoms with Gasteiger partial charge in [-0.25, -0.2) is 4.68 Å². The fourth-order valence-electron chi connectivity index (χ4n) is 2.20. The molecule has 1 unspecified atom stereocenters. The van der Waals surface area contributed by atoms with Crippen molar-refractivity contribution >= 4 is 16.7 Å². The van der Waals surface area contributed by atoms with Crippen LogP contribution in [0.1, 0.15) is 19.8 Å². The van der Waals surface area contributed by atoms with Crippen LogP contribution in [0.25, 0.3) is 11.0 Å². The van der Waals surface area contributed by atoms with Crippen molar-refractivity contribution in [2.75, 3.05) is 5.73 Å². The highest BCUT2D eigenvalue weighted by Gasteiger charge is 2.28. The van der Waals surface area contributed by atoms with Gasteiger partial charge in [-0.15, -0.1) is 5.10 Å². The van der Waals surface area contributed by atoms with Crippen LogP contribution in [-0.2, 0) is 6.54 Å². The number of hydrogen-bond acceptors (Lipinski definition) is 3. The van der Waals surface area contributed by atoms with Crippen LogP contribution in [0.3, 0.4) is 0 Å². The Morgan fingerprint density at radius 3 is 3.06 bits per heavy atom. The number of anilines is 1. The van der Waals surface area contributed by atoms with Crippen molar-refractivity contribution < 1.29 is 0 Å². The molecule has 3 rings (SSSR count). The van der Waals surface area contributed by atoms with Gasteiger partial charge in [-0.1, -0.05) is 12.1 Å². The number of nitrogens with zero attached hydrogens (tertiary/aromatic N) is 3. The first-order valence-electron chi connectivity index (χ1n) is 5.83. The summed E-state index contributed by atoms with van der Waals surface area (Å²) < 4.78 is 1.98. The van der Waals surface area contributed by atoms with Gasteiger partial charge in [0.05, 0.1) is 5.52 Å². The molecule has 0 bridgehead atoms. The van der Waals surface area contributed by atoms with E-state index in [9.17, 15) is 0 Å². The quantitative estimate of drug-likeness (QED) is 0.799. The monoisotopic (exact) mass is 216 g/mol. The molecule has 1 heterocycles. The molecule has 2 aromatic rings. The van der Waals surface area contributed by atoms with Crippen molar-refractivity contribution in [1.29, 1.82) is 0 Å². The van der Waals surface area contributed by atoms with E-state index in [1.54, 1.807) is 0 Å². The summed E-state index contributed by atoms with van der Waals surface area (Å²) in [5.41, 5.74) is 8.54. The second-order valence-electron chi connectivity index (χ2n) is 4.83. The molecule has 84 valence electrons. The summed E-state index contributed by atoms with van der Waals surface area (Å²) >= 11 is 0. The Bertz CT molecular complexity index is 513. The highest BCUT2D eigenvalue weighted by Crippen LogP contribution is 2.37. The van der Waals surface area contributed by atoms with E-state index in [0.29, 0.717) is 5.92 Å².